The van der Waals surface area contributed by atoms with Gasteiger partial charge in [0.15, 0.2) is 0 Å². The molecule has 0 aliphatic carbocycles. The number of amides is 2. The maximum absolute atomic E-state index is 12.8. The fraction of sp³-hybridized carbons (Fsp3) is 0.556. The van der Waals surface area contributed by atoms with Gasteiger partial charge in [-0.25, -0.2) is 0 Å². The summed E-state index contributed by atoms with van der Waals surface area (Å²) in [6.07, 6.45) is 2.51. The molecular formula is C18H24N2O3. The first-order chi connectivity index (χ1) is 11.1. The van der Waals surface area contributed by atoms with Gasteiger partial charge in [-0.05, 0) is 25.3 Å². The highest BCUT2D eigenvalue weighted by Crippen LogP contribution is 2.26. The highest BCUT2D eigenvalue weighted by atomic mass is 16.5. The Balaban J connectivity index is 1.73. The molecule has 2 aliphatic heterocycles. The number of ether oxygens (including phenoxy) is 1. The number of likely N-dealkylation sites (tertiary alicyclic amines) is 1. The van der Waals surface area contributed by atoms with Crippen LogP contribution in [0.5, 0.6) is 0 Å². The summed E-state index contributed by atoms with van der Waals surface area (Å²) in [4.78, 5) is 28.4. The van der Waals surface area contributed by atoms with E-state index in [1.165, 1.54) is 0 Å². The lowest BCUT2D eigenvalue weighted by Gasteiger charge is -2.40. The standard InChI is InChI=1S/C18H24N2O3/c1-14-11-20(16(13-23-14)15-7-3-2-4-8-15)18(22)12-19-10-6-5-9-17(19)21/h2-4,7-8,14,16H,5-6,9-13H2,1H3/t14-,16+/m0/s1. The Morgan fingerprint density at radius 1 is 1.26 bits per heavy atom. The van der Waals surface area contributed by atoms with E-state index in [9.17, 15) is 9.59 Å². The third-order valence-electron chi connectivity index (χ3n) is 4.62. The Kier molecular flexibility index (Phi) is 4.96. The van der Waals surface area contributed by atoms with Crippen LogP contribution in [0.25, 0.3) is 0 Å². The number of hydrogen-bond acceptors (Lipinski definition) is 3. The summed E-state index contributed by atoms with van der Waals surface area (Å²) in [5.74, 6) is 0.117. The Morgan fingerprint density at radius 2 is 2.04 bits per heavy atom. The molecule has 5 heteroatoms. The summed E-state index contributed by atoms with van der Waals surface area (Å²) in [5, 5.41) is 0. The van der Waals surface area contributed by atoms with E-state index in [2.05, 4.69) is 0 Å². The molecule has 2 fully saturated rings. The molecule has 1 aromatic rings. The Labute approximate surface area is 137 Å². The minimum atomic E-state index is -0.0696. The van der Waals surface area contributed by atoms with Crippen molar-refractivity contribution in [2.75, 3.05) is 26.2 Å². The van der Waals surface area contributed by atoms with Gasteiger partial charge in [-0.2, -0.15) is 0 Å². The van der Waals surface area contributed by atoms with E-state index < -0.39 is 0 Å². The highest BCUT2D eigenvalue weighted by Gasteiger charge is 2.33. The Bertz CT molecular complexity index is 561. The summed E-state index contributed by atoms with van der Waals surface area (Å²) >= 11 is 0. The fourth-order valence-electron chi connectivity index (χ4n) is 3.31. The normalized spacial score (nSPS) is 25.5. The minimum absolute atomic E-state index is 0.0178. The number of morpholine rings is 1. The van der Waals surface area contributed by atoms with Gasteiger partial charge in [0.1, 0.15) is 0 Å². The number of benzene rings is 1. The number of nitrogens with zero attached hydrogens (tertiary/aromatic N) is 2. The van der Waals surface area contributed by atoms with Gasteiger partial charge in [-0.3, -0.25) is 9.59 Å². The molecule has 0 saturated carbocycles. The molecular weight excluding hydrogens is 292 g/mol. The van der Waals surface area contributed by atoms with E-state index in [-0.39, 0.29) is 30.5 Å². The van der Waals surface area contributed by atoms with Crippen LogP contribution in [0.15, 0.2) is 30.3 Å². The van der Waals surface area contributed by atoms with Crippen LogP contribution < -0.4 is 0 Å². The maximum atomic E-state index is 12.8. The van der Waals surface area contributed by atoms with Crippen molar-refractivity contribution in [2.45, 2.75) is 38.3 Å². The Hall–Kier alpha value is -1.88. The van der Waals surface area contributed by atoms with E-state index in [0.717, 1.165) is 18.4 Å². The summed E-state index contributed by atoms with van der Waals surface area (Å²) in [6.45, 7) is 3.94. The summed E-state index contributed by atoms with van der Waals surface area (Å²) < 4.78 is 5.76. The zero-order valence-corrected chi connectivity index (χ0v) is 13.6. The van der Waals surface area contributed by atoms with Crippen molar-refractivity contribution < 1.29 is 14.3 Å². The molecule has 23 heavy (non-hydrogen) atoms. The molecule has 5 nitrogen and oxygen atoms in total. The molecule has 3 rings (SSSR count). The van der Waals surface area contributed by atoms with E-state index >= 15 is 0 Å². The molecule has 0 bridgehead atoms. The fourth-order valence-corrected chi connectivity index (χ4v) is 3.31. The average Bonchev–Trinajstić information content (AvgIpc) is 2.57. The van der Waals surface area contributed by atoms with Crippen LogP contribution in [0.4, 0.5) is 0 Å². The zero-order chi connectivity index (χ0) is 16.2. The molecule has 2 amide bonds. The number of piperidine rings is 1. The van der Waals surface area contributed by atoms with Gasteiger partial charge in [0.25, 0.3) is 0 Å². The maximum Gasteiger partial charge on any atom is 0.242 e. The topological polar surface area (TPSA) is 49.9 Å². The van der Waals surface area contributed by atoms with Crippen molar-refractivity contribution in [3.8, 4) is 0 Å². The van der Waals surface area contributed by atoms with Crippen molar-refractivity contribution in [3.05, 3.63) is 35.9 Å². The van der Waals surface area contributed by atoms with Gasteiger partial charge in [-0.15, -0.1) is 0 Å². The van der Waals surface area contributed by atoms with Crippen LogP contribution in [0.1, 0.15) is 37.8 Å². The molecule has 2 aliphatic rings. The molecule has 1 aromatic carbocycles. The van der Waals surface area contributed by atoms with Crippen LogP contribution >= 0.6 is 0 Å². The zero-order valence-electron chi connectivity index (χ0n) is 13.6. The first-order valence-corrected chi connectivity index (χ1v) is 8.39. The largest absolute Gasteiger partial charge is 0.374 e. The smallest absolute Gasteiger partial charge is 0.242 e. The monoisotopic (exact) mass is 316 g/mol. The summed E-state index contributed by atoms with van der Waals surface area (Å²) in [5.41, 5.74) is 1.08. The molecule has 0 unspecified atom stereocenters. The quantitative estimate of drug-likeness (QED) is 0.857. The molecule has 2 heterocycles. The van der Waals surface area contributed by atoms with E-state index in [1.807, 2.05) is 42.2 Å². The molecule has 0 aromatic heterocycles. The predicted molar refractivity (Wildman–Crippen MR) is 86.7 cm³/mol. The van der Waals surface area contributed by atoms with E-state index in [4.69, 9.17) is 4.74 Å². The van der Waals surface area contributed by atoms with Crippen molar-refractivity contribution in [3.63, 3.8) is 0 Å². The van der Waals surface area contributed by atoms with Gasteiger partial charge < -0.3 is 14.5 Å². The van der Waals surface area contributed by atoms with Gasteiger partial charge in [0.05, 0.1) is 25.3 Å². The number of hydrogen-bond donors (Lipinski definition) is 0. The van der Waals surface area contributed by atoms with Crippen LogP contribution in [0.2, 0.25) is 0 Å². The third kappa shape index (κ3) is 3.72. The van der Waals surface area contributed by atoms with Crippen molar-refractivity contribution in [2.24, 2.45) is 0 Å². The van der Waals surface area contributed by atoms with Crippen LogP contribution in [-0.4, -0.2) is 54.0 Å². The lowest BCUT2D eigenvalue weighted by Crippen LogP contribution is -2.51. The van der Waals surface area contributed by atoms with Crippen LogP contribution in [0, 0.1) is 0 Å². The number of carbonyl (C=O) groups is 2. The lowest BCUT2D eigenvalue weighted by atomic mass is 10.0. The Morgan fingerprint density at radius 3 is 2.78 bits per heavy atom. The molecule has 2 atom stereocenters. The van der Waals surface area contributed by atoms with Gasteiger partial charge in [-0.1, -0.05) is 30.3 Å². The van der Waals surface area contributed by atoms with E-state index in [0.29, 0.717) is 26.1 Å². The molecule has 124 valence electrons. The average molecular weight is 316 g/mol. The van der Waals surface area contributed by atoms with Crippen LogP contribution in [0.3, 0.4) is 0 Å². The number of carbonyl (C=O) groups excluding carboxylic acids is 2. The summed E-state index contributed by atoms with van der Waals surface area (Å²) in [6, 6.07) is 9.90. The second-order valence-corrected chi connectivity index (χ2v) is 6.39. The lowest BCUT2D eigenvalue weighted by molar-refractivity contribution is -0.150. The van der Waals surface area contributed by atoms with Crippen molar-refractivity contribution in [1.29, 1.82) is 0 Å². The minimum Gasteiger partial charge on any atom is -0.374 e. The first kappa shape index (κ1) is 16.0. The molecule has 0 spiro atoms. The second-order valence-electron chi connectivity index (χ2n) is 6.39. The van der Waals surface area contributed by atoms with Gasteiger partial charge in [0, 0.05) is 19.5 Å². The van der Waals surface area contributed by atoms with Gasteiger partial charge >= 0.3 is 0 Å². The van der Waals surface area contributed by atoms with Crippen molar-refractivity contribution in [1.82, 2.24) is 9.80 Å². The molecule has 0 N–H and O–H groups in total. The molecule has 2 saturated heterocycles. The van der Waals surface area contributed by atoms with Crippen LogP contribution in [-0.2, 0) is 14.3 Å². The highest BCUT2D eigenvalue weighted by molar-refractivity contribution is 5.85. The van der Waals surface area contributed by atoms with E-state index in [1.54, 1.807) is 4.90 Å². The van der Waals surface area contributed by atoms with Crippen molar-refractivity contribution >= 4 is 11.8 Å². The SMILES string of the molecule is C[C@H]1CN(C(=O)CN2CCCCC2=O)[C@@H](c2ccccc2)CO1. The van der Waals surface area contributed by atoms with Gasteiger partial charge in [0.2, 0.25) is 11.8 Å². The third-order valence-corrected chi connectivity index (χ3v) is 4.62. The summed E-state index contributed by atoms with van der Waals surface area (Å²) in [7, 11) is 0. The number of rotatable bonds is 3. The molecule has 0 radical (unpaired) electrons. The first-order valence-electron chi connectivity index (χ1n) is 8.39. The predicted octanol–water partition coefficient (Wildman–Crippen LogP) is 1.99. The second kappa shape index (κ2) is 7.13.